The topological polar surface area (TPSA) is 52.6 Å². The van der Waals surface area contributed by atoms with Crippen molar-refractivity contribution in [3.05, 3.63) is 65.4 Å². The summed E-state index contributed by atoms with van der Waals surface area (Å²) in [6, 6.07) is 16.6. The summed E-state index contributed by atoms with van der Waals surface area (Å²) in [5.74, 6) is 1.70. The van der Waals surface area contributed by atoms with Crippen LogP contribution in [0.3, 0.4) is 0 Å². The molecule has 0 radical (unpaired) electrons. The Morgan fingerprint density at radius 2 is 1.54 bits per heavy atom. The maximum absolute atomic E-state index is 12.6. The molecule has 0 bridgehead atoms. The number of ether oxygens (including phenoxy) is 2. The van der Waals surface area contributed by atoms with Crippen LogP contribution in [0.2, 0.25) is 0 Å². The number of rotatable bonds is 6. The van der Waals surface area contributed by atoms with Gasteiger partial charge in [0.05, 0.1) is 10.6 Å². The minimum atomic E-state index is -3.29. The molecule has 0 saturated carbocycles. The van der Waals surface area contributed by atoms with Crippen LogP contribution < -0.4 is 4.74 Å². The van der Waals surface area contributed by atoms with Crippen LogP contribution in [0.15, 0.2) is 70.3 Å². The minimum absolute atomic E-state index is 0.177. The molecular weight excluding hydrogens is 392 g/mol. The van der Waals surface area contributed by atoms with Crippen molar-refractivity contribution in [1.82, 2.24) is 0 Å². The van der Waals surface area contributed by atoms with Crippen molar-refractivity contribution in [3.63, 3.8) is 0 Å². The van der Waals surface area contributed by atoms with Crippen LogP contribution in [0, 0.1) is 5.92 Å². The molecule has 1 aliphatic rings. The average molecular weight is 415 g/mol. The van der Waals surface area contributed by atoms with E-state index in [4.69, 9.17) is 9.47 Å². The second-order valence-electron chi connectivity index (χ2n) is 6.95. The van der Waals surface area contributed by atoms with Crippen molar-refractivity contribution in [2.24, 2.45) is 5.92 Å². The Hall–Kier alpha value is -2.15. The minimum Gasteiger partial charge on any atom is -0.457 e. The first-order valence-electron chi connectivity index (χ1n) is 9.31. The van der Waals surface area contributed by atoms with E-state index in [0.29, 0.717) is 23.9 Å². The van der Waals surface area contributed by atoms with Crippen molar-refractivity contribution in [2.75, 3.05) is 19.0 Å². The Morgan fingerprint density at radius 1 is 0.893 bits per heavy atom. The van der Waals surface area contributed by atoms with Gasteiger partial charge in [0.25, 0.3) is 0 Å². The zero-order chi connectivity index (χ0) is 19.4. The van der Waals surface area contributed by atoms with E-state index >= 15 is 0 Å². The predicted molar refractivity (Wildman–Crippen MR) is 112 cm³/mol. The monoisotopic (exact) mass is 414 g/mol. The predicted octanol–water partition coefficient (Wildman–Crippen LogP) is 5.41. The fraction of sp³-hybridized carbons (Fsp3) is 0.273. The highest BCUT2D eigenvalue weighted by Gasteiger charge is 2.23. The third kappa shape index (κ3) is 4.63. The molecule has 1 aromatic heterocycles. The second kappa shape index (κ2) is 8.47. The number of hydrogen-bond donors (Lipinski definition) is 0. The van der Waals surface area contributed by atoms with Gasteiger partial charge in [-0.1, -0.05) is 12.1 Å². The number of sulfone groups is 1. The summed E-state index contributed by atoms with van der Waals surface area (Å²) in [5.41, 5.74) is 2.33. The summed E-state index contributed by atoms with van der Waals surface area (Å²) in [5, 5.41) is 4.16. The van der Waals surface area contributed by atoms with E-state index in [1.54, 1.807) is 35.6 Å². The van der Waals surface area contributed by atoms with Gasteiger partial charge >= 0.3 is 0 Å². The molecule has 28 heavy (non-hydrogen) atoms. The largest absolute Gasteiger partial charge is 0.457 e. The lowest BCUT2D eigenvalue weighted by atomic mass is 10.0. The second-order valence-corrected chi connectivity index (χ2v) is 9.76. The molecule has 0 atom stereocenters. The van der Waals surface area contributed by atoms with Gasteiger partial charge in [-0.25, -0.2) is 8.42 Å². The molecule has 6 heteroatoms. The smallest absolute Gasteiger partial charge is 0.178 e. The highest BCUT2D eigenvalue weighted by Crippen LogP contribution is 2.28. The molecule has 0 unspecified atom stereocenters. The first kappa shape index (κ1) is 19.2. The molecular formula is C22H22O4S2. The summed E-state index contributed by atoms with van der Waals surface area (Å²) in [4.78, 5) is 0.346. The van der Waals surface area contributed by atoms with Crippen LogP contribution in [0.5, 0.6) is 11.5 Å². The Balaban J connectivity index is 1.41. The molecule has 4 rings (SSSR count). The quantitative estimate of drug-likeness (QED) is 0.541. The average Bonchev–Trinajstić information content (AvgIpc) is 3.24. The molecule has 0 spiro atoms. The van der Waals surface area contributed by atoms with Crippen LogP contribution in [0.1, 0.15) is 12.8 Å². The van der Waals surface area contributed by atoms with E-state index in [9.17, 15) is 8.42 Å². The van der Waals surface area contributed by atoms with Gasteiger partial charge in [-0.3, -0.25) is 0 Å². The molecule has 4 nitrogen and oxygen atoms in total. The van der Waals surface area contributed by atoms with Crippen LogP contribution in [0.4, 0.5) is 0 Å². The Kier molecular flexibility index (Phi) is 5.80. The van der Waals surface area contributed by atoms with Crippen LogP contribution >= 0.6 is 11.3 Å². The summed E-state index contributed by atoms with van der Waals surface area (Å²) in [7, 11) is -3.29. The Labute approximate surface area is 169 Å². The standard InChI is InChI=1S/C22H22O4S2/c23-28(24,16-17-9-12-25-13-10-17)22-7-5-21(6-8-22)26-20-3-1-18(2-4-20)19-11-14-27-15-19/h1-8,11,14-15,17H,9-10,12-13,16H2. The van der Waals surface area contributed by atoms with E-state index in [1.807, 2.05) is 24.3 Å². The molecule has 146 valence electrons. The van der Waals surface area contributed by atoms with E-state index in [-0.39, 0.29) is 11.7 Å². The highest BCUT2D eigenvalue weighted by atomic mass is 32.2. The zero-order valence-electron chi connectivity index (χ0n) is 15.4. The van der Waals surface area contributed by atoms with Crippen molar-refractivity contribution < 1.29 is 17.9 Å². The summed E-state index contributed by atoms with van der Waals surface area (Å²) in [6.07, 6.45) is 1.61. The van der Waals surface area contributed by atoms with E-state index in [2.05, 4.69) is 16.8 Å². The molecule has 1 fully saturated rings. The number of benzene rings is 2. The van der Waals surface area contributed by atoms with Gasteiger partial charge < -0.3 is 9.47 Å². The van der Waals surface area contributed by atoms with Gasteiger partial charge in [-0.15, -0.1) is 0 Å². The fourth-order valence-electron chi connectivity index (χ4n) is 3.31. The van der Waals surface area contributed by atoms with Crippen molar-refractivity contribution in [1.29, 1.82) is 0 Å². The van der Waals surface area contributed by atoms with Gasteiger partial charge in [-0.2, -0.15) is 11.3 Å². The lowest BCUT2D eigenvalue weighted by molar-refractivity contribution is 0.0723. The van der Waals surface area contributed by atoms with E-state index in [0.717, 1.165) is 24.2 Å². The van der Waals surface area contributed by atoms with Gasteiger partial charge in [0.1, 0.15) is 11.5 Å². The van der Waals surface area contributed by atoms with Gasteiger partial charge in [-0.05, 0) is 83.1 Å². The van der Waals surface area contributed by atoms with Crippen molar-refractivity contribution in [2.45, 2.75) is 17.7 Å². The molecule has 1 saturated heterocycles. The molecule has 3 aromatic rings. The number of thiophene rings is 1. The molecule has 2 aromatic carbocycles. The maximum atomic E-state index is 12.6. The molecule has 1 aliphatic heterocycles. The van der Waals surface area contributed by atoms with Crippen molar-refractivity contribution in [3.8, 4) is 22.6 Å². The third-order valence-electron chi connectivity index (χ3n) is 4.92. The zero-order valence-corrected chi connectivity index (χ0v) is 17.0. The van der Waals surface area contributed by atoms with E-state index in [1.165, 1.54) is 5.56 Å². The first-order chi connectivity index (χ1) is 13.6. The van der Waals surface area contributed by atoms with Gasteiger partial charge in [0.15, 0.2) is 9.84 Å². The third-order valence-corrected chi connectivity index (χ3v) is 7.51. The van der Waals surface area contributed by atoms with Gasteiger partial charge in [0, 0.05) is 13.2 Å². The Bertz CT molecular complexity index is 986. The summed E-state index contributed by atoms with van der Waals surface area (Å²) in [6.45, 7) is 1.30. The lowest BCUT2D eigenvalue weighted by Crippen LogP contribution is -2.23. The highest BCUT2D eigenvalue weighted by molar-refractivity contribution is 7.91. The molecule has 0 aliphatic carbocycles. The first-order valence-corrected chi connectivity index (χ1v) is 11.9. The molecule has 0 N–H and O–H groups in total. The maximum Gasteiger partial charge on any atom is 0.178 e. The SMILES string of the molecule is O=S(=O)(CC1CCOCC1)c1ccc(Oc2ccc(-c3ccsc3)cc2)cc1. The summed E-state index contributed by atoms with van der Waals surface area (Å²) >= 11 is 1.67. The van der Waals surface area contributed by atoms with Crippen molar-refractivity contribution >= 4 is 21.2 Å². The molecule has 0 amide bonds. The normalized spacial score (nSPS) is 15.4. The van der Waals surface area contributed by atoms with Crippen LogP contribution in [-0.2, 0) is 14.6 Å². The van der Waals surface area contributed by atoms with E-state index < -0.39 is 9.84 Å². The molecule has 2 heterocycles. The van der Waals surface area contributed by atoms with Crippen LogP contribution in [0.25, 0.3) is 11.1 Å². The fourth-order valence-corrected chi connectivity index (χ4v) is 5.68. The Morgan fingerprint density at radius 3 is 2.14 bits per heavy atom. The lowest BCUT2D eigenvalue weighted by Gasteiger charge is -2.21. The summed E-state index contributed by atoms with van der Waals surface area (Å²) < 4.78 is 36.4. The van der Waals surface area contributed by atoms with Crippen LogP contribution in [-0.4, -0.2) is 27.4 Å². The number of hydrogen-bond acceptors (Lipinski definition) is 5. The van der Waals surface area contributed by atoms with Gasteiger partial charge in [0.2, 0.25) is 0 Å².